The van der Waals surface area contributed by atoms with Crippen LogP contribution in [0.4, 0.5) is 4.39 Å². The van der Waals surface area contributed by atoms with E-state index in [1.54, 1.807) is 12.1 Å². The fraction of sp³-hybridized carbons (Fsp3) is 0.435. The van der Waals surface area contributed by atoms with Gasteiger partial charge in [0.25, 0.3) is 5.75 Å². The highest BCUT2D eigenvalue weighted by atomic mass is 19.1. The number of alkyl halides is 1. The molecule has 2 saturated heterocycles. The largest absolute Gasteiger partial charge is 0.593 e. The van der Waals surface area contributed by atoms with Gasteiger partial charge in [-0.3, -0.25) is 9.69 Å². The van der Waals surface area contributed by atoms with Crippen LogP contribution >= 0.6 is 0 Å². The number of carbonyl (C=O) groups is 1. The summed E-state index contributed by atoms with van der Waals surface area (Å²) in [5.74, 6) is 0.434. The maximum Gasteiger partial charge on any atom is 0.253 e. The van der Waals surface area contributed by atoms with Crippen LogP contribution in [0.3, 0.4) is 0 Å². The zero-order chi connectivity index (χ0) is 19.7. The minimum atomic E-state index is -0.982. The van der Waals surface area contributed by atoms with Gasteiger partial charge in [-0.1, -0.05) is 29.8 Å². The quantitative estimate of drug-likeness (QED) is 0.760. The van der Waals surface area contributed by atoms with Gasteiger partial charge in [0.1, 0.15) is 6.17 Å². The second-order valence-electron chi connectivity index (χ2n) is 8.08. The number of hydrogen-bond acceptors (Lipinski definition) is 2. The molecule has 4 nitrogen and oxygen atoms in total. The Bertz CT molecular complexity index is 822. The predicted molar refractivity (Wildman–Crippen MR) is 108 cm³/mol. The average Bonchev–Trinajstić information content (AvgIpc) is 3.05. The van der Waals surface area contributed by atoms with Crippen molar-refractivity contribution in [2.24, 2.45) is 0 Å². The number of rotatable bonds is 4. The molecule has 1 amide bonds. The van der Waals surface area contributed by atoms with Crippen molar-refractivity contribution in [3.63, 3.8) is 0 Å². The summed E-state index contributed by atoms with van der Waals surface area (Å²) in [6.45, 7) is 4.47. The number of carbonyl (C=O) groups excluding carboxylic acids is 1. The Morgan fingerprint density at radius 1 is 1.04 bits per heavy atom. The minimum Gasteiger partial charge on any atom is -0.593 e. The van der Waals surface area contributed by atoms with Crippen LogP contribution in [0.2, 0.25) is 0 Å². The second kappa shape index (κ2) is 7.92. The fourth-order valence-corrected chi connectivity index (χ4v) is 4.45. The smallest absolute Gasteiger partial charge is 0.253 e. The summed E-state index contributed by atoms with van der Waals surface area (Å²) < 4.78 is 14.9. The molecule has 2 aromatic carbocycles. The van der Waals surface area contributed by atoms with E-state index in [9.17, 15) is 9.18 Å². The average molecular weight is 383 g/mol. The highest BCUT2D eigenvalue weighted by Gasteiger charge is 2.40. The zero-order valence-corrected chi connectivity index (χ0v) is 16.3. The normalized spacial score (nSPS) is 26.0. The van der Waals surface area contributed by atoms with Crippen LogP contribution in [0.25, 0.3) is 0 Å². The molecule has 0 radical (unpaired) electrons. The van der Waals surface area contributed by atoms with Gasteiger partial charge in [-0.15, -0.1) is 0 Å². The first-order valence-corrected chi connectivity index (χ1v) is 10.1. The number of nitrogens with zero attached hydrogens (tertiary/aromatic N) is 2. The second-order valence-corrected chi connectivity index (χ2v) is 8.08. The molecule has 3 atom stereocenters. The van der Waals surface area contributed by atoms with Gasteiger partial charge in [0.2, 0.25) is 5.91 Å². The molecule has 148 valence electrons. The van der Waals surface area contributed by atoms with Gasteiger partial charge in [0.15, 0.2) is 0 Å². The van der Waals surface area contributed by atoms with E-state index in [1.165, 1.54) is 5.56 Å². The highest BCUT2D eigenvalue weighted by Crippen LogP contribution is 2.33. The van der Waals surface area contributed by atoms with Crippen LogP contribution in [0.15, 0.2) is 48.5 Å². The molecule has 5 heteroatoms. The fourth-order valence-electron chi connectivity index (χ4n) is 4.45. The van der Waals surface area contributed by atoms with E-state index < -0.39 is 6.17 Å². The van der Waals surface area contributed by atoms with Crippen molar-refractivity contribution >= 4 is 5.91 Å². The zero-order valence-electron chi connectivity index (χ0n) is 16.3. The Balaban J connectivity index is 1.37. The number of hydrogen-bond donors (Lipinski definition) is 0. The van der Waals surface area contributed by atoms with Crippen molar-refractivity contribution in [2.75, 3.05) is 19.6 Å². The molecule has 2 heterocycles. The molecule has 4 rings (SSSR count). The summed E-state index contributed by atoms with van der Waals surface area (Å²) in [6, 6.07) is 15.2. The third-order valence-electron chi connectivity index (χ3n) is 6.12. The summed E-state index contributed by atoms with van der Waals surface area (Å²) in [4.78, 5) is 16.9. The third kappa shape index (κ3) is 3.90. The van der Waals surface area contributed by atoms with Crippen LogP contribution in [0.1, 0.15) is 35.4 Å². The first-order chi connectivity index (χ1) is 13.5. The van der Waals surface area contributed by atoms with E-state index in [0.717, 1.165) is 30.6 Å². The molecule has 2 aliphatic heterocycles. The standard InChI is InChI=1S/C23H27FN2O2/c1-16-2-4-17(5-3-16)14-26-13-11-22(23(26)28)25-12-10-20(21(24)15-25)18-6-8-19(27)9-7-18/h2-9,20-22,27H,10-15H2,1H3/p+1/t20-,21-,22-/m1/s1. The van der Waals surface area contributed by atoms with Gasteiger partial charge < -0.3 is 10.0 Å². The third-order valence-corrected chi connectivity index (χ3v) is 6.12. The van der Waals surface area contributed by atoms with Gasteiger partial charge in [0, 0.05) is 37.7 Å². The van der Waals surface area contributed by atoms with E-state index in [4.69, 9.17) is 5.11 Å². The van der Waals surface area contributed by atoms with Crippen LogP contribution in [0.5, 0.6) is 5.75 Å². The number of amides is 1. The molecular weight excluding hydrogens is 355 g/mol. The maximum absolute atomic E-state index is 14.9. The Morgan fingerprint density at radius 3 is 2.43 bits per heavy atom. The molecule has 0 aromatic heterocycles. The molecule has 28 heavy (non-hydrogen) atoms. The van der Waals surface area contributed by atoms with Gasteiger partial charge in [-0.2, -0.15) is 0 Å². The van der Waals surface area contributed by atoms with Crippen LogP contribution in [-0.4, -0.2) is 52.7 Å². The molecule has 0 aliphatic carbocycles. The van der Waals surface area contributed by atoms with Crippen molar-refractivity contribution in [2.45, 2.75) is 44.4 Å². The van der Waals surface area contributed by atoms with Crippen LogP contribution in [-0.2, 0) is 11.3 Å². The Hall–Kier alpha value is -2.40. The number of piperidine rings is 1. The summed E-state index contributed by atoms with van der Waals surface area (Å²) >= 11 is 0. The maximum atomic E-state index is 14.9. The van der Waals surface area contributed by atoms with Crippen molar-refractivity contribution in [1.29, 1.82) is 0 Å². The minimum absolute atomic E-state index is 0.129. The summed E-state index contributed by atoms with van der Waals surface area (Å²) in [5.41, 5.74) is 3.31. The molecule has 0 spiro atoms. The lowest BCUT2D eigenvalue weighted by atomic mass is 9.87. The van der Waals surface area contributed by atoms with E-state index in [2.05, 4.69) is 31.2 Å². The van der Waals surface area contributed by atoms with Gasteiger partial charge >= 0.3 is 0 Å². The molecule has 2 aliphatic rings. The van der Waals surface area contributed by atoms with Crippen molar-refractivity contribution in [1.82, 2.24) is 9.80 Å². The number of halogens is 1. The van der Waals surface area contributed by atoms with Crippen LogP contribution in [0, 0.1) is 6.92 Å². The van der Waals surface area contributed by atoms with Gasteiger partial charge in [-0.25, -0.2) is 4.39 Å². The molecule has 2 fully saturated rings. The molecule has 2 N–H and O–H groups in total. The lowest BCUT2D eigenvalue weighted by molar-refractivity contribution is -0.133. The Morgan fingerprint density at radius 2 is 1.75 bits per heavy atom. The van der Waals surface area contributed by atoms with Gasteiger partial charge in [-0.05, 0) is 49.6 Å². The summed E-state index contributed by atoms with van der Waals surface area (Å²) in [5, 5.41) is 7.59. The molecule has 0 saturated carbocycles. The molecule has 0 unspecified atom stereocenters. The topological polar surface area (TPSA) is 46.5 Å². The van der Waals surface area contributed by atoms with Crippen molar-refractivity contribution in [3.05, 3.63) is 65.2 Å². The summed E-state index contributed by atoms with van der Waals surface area (Å²) in [6.07, 6.45) is 0.500. The van der Waals surface area contributed by atoms with Crippen LogP contribution < -0.4 is 0 Å². The molecule has 2 aromatic rings. The predicted octanol–water partition coefficient (Wildman–Crippen LogP) is 3.36. The first-order valence-electron chi connectivity index (χ1n) is 10.1. The molecule has 0 bridgehead atoms. The van der Waals surface area contributed by atoms with E-state index in [0.29, 0.717) is 25.3 Å². The van der Waals surface area contributed by atoms with E-state index in [1.807, 2.05) is 21.9 Å². The number of aryl methyl sites for hydroxylation is 1. The lowest BCUT2D eigenvalue weighted by Crippen LogP contribution is -2.49. The summed E-state index contributed by atoms with van der Waals surface area (Å²) in [7, 11) is 0. The van der Waals surface area contributed by atoms with E-state index in [-0.39, 0.29) is 17.9 Å². The molecular formula is C23H28FN2O2+. The highest BCUT2D eigenvalue weighted by molar-refractivity contribution is 5.84. The first kappa shape index (κ1) is 18.9. The van der Waals surface area contributed by atoms with Crippen molar-refractivity contribution < 1.29 is 14.3 Å². The number of likely N-dealkylation sites (tertiary alicyclic amines) is 2. The lowest BCUT2D eigenvalue weighted by Gasteiger charge is -2.37. The number of benzene rings is 2. The Labute approximate surface area is 165 Å². The van der Waals surface area contributed by atoms with Gasteiger partial charge in [0.05, 0.1) is 6.04 Å². The van der Waals surface area contributed by atoms with E-state index >= 15 is 0 Å². The monoisotopic (exact) mass is 383 g/mol. The Kier molecular flexibility index (Phi) is 5.36. The SMILES string of the molecule is Cc1ccc(CN2CC[C@@H](N3CC[C@H](c4ccc([OH2+])cc4)[C@H](F)C3)C2=O)cc1. The van der Waals surface area contributed by atoms with Crippen molar-refractivity contribution in [3.8, 4) is 5.75 Å².